The van der Waals surface area contributed by atoms with E-state index in [2.05, 4.69) is 5.32 Å². The average molecular weight is 262 g/mol. The van der Waals surface area contributed by atoms with Crippen molar-refractivity contribution in [2.45, 2.75) is 0 Å². The van der Waals surface area contributed by atoms with Crippen molar-refractivity contribution in [3.8, 4) is 11.5 Å². The number of hydrogen-bond acceptors (Lipinski definition) is 4. The predicted molar refractivity (Wildman–Crippen MR) is 73.6 cm³/mol. The van der Waals surface area contributed by atoms with Crippen LogP contribution >= 0.6 is 0 Å². The van der Waals surface area contributed by atoms with Gasteiger partial charge in [-0.2, -0.15) is 0 Å². The van der Waals surface area contributed by atoms with Crippen molar-refractivity contribution in [1.82, 2.24) is 0 Å². The molecule has 0 atom stereocenters. The first-order valence-electron chi connectivity index (χ1n) is 5.68. The molecular formula is C14H15FN2O2. The van der Waals surface area contributed by atoms with Crippen molar-refractivity contribution in [1.29, 1.82) is 0 Å². The first kappa shape index (κ1) is 13.0. The van der Waals surface area contributed by atoms with Gasteiger partial charge in [0, 0.05) is 11.8 Å². The zero-order valence-corrected chi connectivity index (χ0v) is 10.7. The highest BCUT2D eigenvalue weighted by atomic mass is 19.1. The fourth-order valence-corrected chi connectivity index (χ4v) is 1.72. The standard InChI is InChI=1S/C14H15FN2O2/c1-18-13-6-4-10(8-14(13)19-2)17-12-5-3-9(15)7-11(12)16/h3-8,17H,16H2,1-2H3. The van der Waals surface area contributed by atoms with Crippen LogP contribution in [0.4, 0.5) is 21.5 Å². The summed E-state index contributed by atoms with van der Waals surface area (Å²) in [4.78, 5) is 0. The van der Waals surface area contributed by atoms with E-state index >= 15 is 0 Å². The second-order valence-corrected chi connectivity index (χ2v) is 3.93. The molecule has 0 aliphatic carbocycles. The van der Waals surface area contributed by atoms with Gasteiger partial charge in [0.05, 0.1) is 25.6 Å². The predicted octanol–water partition coefficient (Wildman–Crippen LogP) is 3.17. The third-order valence-corrected chi connectivity index (χ3v) is 2.68. The van der Waals surface area contributed by atoms with Gasteiger partial charge in [-0.1, -0.05) is 0 Å². The van der Waals surface area contributed by atoms with Crippen LogP contribution in [0.1, 0.15) is 0 Å². The minimum atomic E-state index is -0.365. The number of nitrogens with two attached hydrogens (primary N) is 1. The molecule has 5 heteroatoms. The quantitative estimate of drug-likeness (QED) is 0.831. The second kappa shape index (κ2) is 5.48. The Hall–Kier alpha value is -2.43. The Bertz CT molecular complexity index is 588. The van der Waals surface area contributed by atoms with Crippen molar-refractivity contribution in [2.75, 3.05) is 25.3 Å². The van der Waals surface area contributed by atoms with E-state index in [-0.39, 0.29) is 5.82 Å². The Balaban J connectivity index is 2.28. The molecule has 100 valence electrons. The largest absolute Gasteiger partial charge is 0.493 e. The van der Waals surface area contributed by atoms with Gasteiger partial charge in [-0.15, -0.1) is 0 Å². The lowest BCUT2D eigenvalue weighted by molar-refractivity contribution is 0.355. The van der Waals surface area contributed by atoms with Crippen LogP contribution in [0.5, 0.6) is 11.5 Å². The molecule has 0 heterocycles. The summed E-state index contributed by atoms with van der Waals surface area (Å²) < 4.78 is 23.3. The monoisotopic (exact) mass is 262 g/mol. The smallest absolute Gasteiger partial charge is 0.162 e. The van der Waals surface area contributed by atoms with Gasteiger partial charge in [0.15, 0.2) is 11.5 Å². The maximum atomic E-state index is 13.0. The van der Waals surface area contributed by atoms with E-state index < -0.39 is 0 Å². The number of nitrogen functional groups attached to an aromatic ring is 1. The number of hydrogen-bond donors (Lipinski definition) is 2. The topological polar surface area (TPSA) is 56.5 Å². The molecule has 2 aromatic rings. The lowest BCUT2D eigenvalue weighted by atomic mass is 10.2. The molecule has 4 nitrogen and oxygen atoms in total. The number of rotatable bonds is 4. The zero-order chi connectivity index (χ0) is 13.8. The highest BCUT2D eigenvalue weighted by molar-refractivity contribution is 5.73. The summed E-state index contributed by atoms with van der Waals surface area (Å²) in [5, 5.41) is 3.10. The Morgan fingerprint density at radius 2 is 1.74 bits per heavy atom. The molecule has 3 N–H and O–H groups in total. The normalized spacial score (nSPS) is 10.1. The van der Waals surface area contributed by atoms with E-state index in [9.17, 15) is 4.39 Å². The van der Waals surface area contributed by atoms with Crippen LogP contribution in [-0.2, 0) is 0 Å². The molecule has 0 radical (unpaired) electrons. The molecule has 0 spiro atoms. The molecule has 0 fully saturated rings. The van der Waals surface area contributed by atoms with E-state index in [1.54, 1.807) is 32.4 Å². The van der Waals surface area contributed by atoms with E-state index in [1.165, 1.54) is 12.1 Å². The third-order valence-electron chi connectivity index (χ3n) is 2.68. The molecule has 2 aromatic carbocycles. The Morgan fingerprint density at radius 1 is 1.00 bits per heavy atom. The molecular weight excluding hydrogens is 247 g/mol. The van der Waals surface area contributed by atoms with Gasteiger partial charge < -0.3 is 20.5 Å². The van der Waals surface area contributed by atoms with E-state index in [0.29, 0.717) is 22.9 Å². The van der Waals surface area contributed by atoms with Crippen molar-refractivity contribution >= 4 is 17.1 Å². The highest BCUT2D eigenvalue weighted by Gasteiger charge is 2.06. The highest BCUT2D eigenvalue weighted by Crippen LogP contribution is 2.32. The Kier molecular flexibility index (Phi) is 3.75. The maximum absolute atomic E-state index is 13.0. The molecule has 0 saturated heterocycles. The van der Waals surface area contributed by atoms with Crippen LogP contribution in [0.3, 0.4) is 0 Å². The zero-order valence-electron chi connectivity index (χ0n) is 10.7. The summed E-state index contributed by atoms with van der Waals surface area (Å²) >= 11 is 0. The first-order chi connectivity index (χ1) is 9.13. The van der Waals surface area contributed by atoms with Gasteiger partial charge in [0.2, 0.25) is 0 Å². The summed E-state index contributed by atoms with van der Waals surface area (Å²) in [6.07, 6.45) is 0. The van der Waals surface area contributed by atoms with Crippen molar-refractivity contribution in [3.63, 3.8) is 0 Å². The van der Waals surface area contributed by atoms with Crippen LogP contribution in [0.15, 0.2) is 36.4 Å². The third kappa shape index (κ3) is 2.88. The number of methoxy groups -OCH3 is 2. The first-order valence-corrected chi connectivity index (χ1v) is 5.68. The number of ether oxygens (including phenoxy) is 2. The lowest BCUT2D eigenvalue weighted by Crippen LogP contribution is -1.98. The molecule has 0 aromatic heterocycles. The molecule has 0 aliphatic heterocycles. The molecule has 0 amide bonds. The van der Waals surface area contributed by atoms with Gasteiger partial charge in [-0.05, 0) is 30.3 Å². The minimum absolute atomic E-state index is 0.342. The van der Waals surface area contributed by atoms with Crippen LogP contribution < -0.4 is 20.5 Å². The van der Waals surface area contributed by atoms with Crippen LogP contribution in [0.25, 0.3) is 0 Å². The molecule has 19 heavy (non-hydrogen) atoms. The van der Waals surface area contributed by atoms with Crippen molar-refractivity contribution < 1.29 is 13.9 Å². The van der Waals surface area contributed by atoms with Crippen LogP contribution in [0, 0.1) is 5.82 Å². The summed E-state index contributed by atoms with van der Waals surface area (Å²) in [5.41, 5.74) is 7.49. The number of nitrogens with one attached hydrogen (secondary N) is 1. The summed E-state index contributed by atoms with van der Waals surface area (Å²) in [7, 11) is 3.14. The number of anilines is 3. The van der Waals surface area contributed by atoms with Gasteiger partial charge in [-0.25, -0.2) is 4.39 Å². The number of benzene rings is 2. The van der Waals surface area contributed by atoms with Crippen molar-refractivity contribution in [3.05, 3.63) is 42.2 Å². The van der Waals surface area contributed by atoms with Gasteiger partial charge in [0.25, 0.3) is 0 Å². The van der Waals surface area contributed by atoms with E-state index in [1.807, 2.05) is 6.07 Å². The second-order valence-electron chi connectivity index (χ2n) is 3.93. The van der Waals surface area contributed by atoms with E-state index in [4.69, 9.17) is 15.2 Å². The lowest BCUT2D eigenvalue weighted by Gasteiger charge is -2.12. The molecule has 2 rings (SSSR count). The van der Waals surface area contributed by atoms with Gasteiger partial charge >= 0.3 is 0 Å². The fraction of sp³-hybridized carbons (Fsp3) is 0.143. The average Bonchev–Trinajstić information content (AvgIpc) is 2.41. The molecule has 0 saturated carbocycles. The summed E-state index contributed by atoms with van der Waals surface area (Å²) in [6, 6.07) is 9.58. The van der Waals surface area contributed by atoms with Crippen LogP contribution in [-0.4, -0.2) is 14.2 Å². The van der Waals surface area contributed by atoms with E-state index in [0.717, 1.165) is 5.69 Å². The fourth-order valence-electron chi connectivity index (χ4n) is 1.72. The SMILES string of the molecule is COc1ccc(Nc2ccc(F)cc2N)cc1OC. The maximum Gasteiger partial charge on any atom is 0.162 e. The Labute approximate surface area is 111 Å². The molecule has 0 aliphatic rings. The number of halogens is 1. The summed E-state index contributed by atoms with van der Waals surface area (Å²) in [6.45, 7) is 0. The van der Waals surface area contributed by atoms with Gasteiger partial charge in [0.1, 0.15) is 5.82 Å². The summed E-state index contributed by atoms with van der Waals surface area (Å²) in [5.74, 6) is 0.878. The molecule has 0 unspecified atom stereocenters. The minimum Gasteiger partial charge on any atom is -0.493 e. The van der Waals surface area contributed by atoms with Crippen molar-refractivity contribution in [2.24, 2.45) is 0 Å². The van der Waals surface area contributed by atoms with Gasteiger partial charge in [-0.3, -0.25) is 0 Å². The molecule has 0 bridgehead atoms. The van der Waals surface area contributed by atoms with Crippen LogP contribution in [0.2, 0.25) is 0 Å². The Morgan fingerprint density at radius 3 is 2.37 bits per heavy atom.